The summed E-state index contributed by atoms with van der Waals surface area (Å²) in [6.07, 6.45) is 16.0. The van der Waals surface area contributed by atoms with Crippen molar-refractivity contribution in [1.82, 2.24) is 0 Å². The van der Waals surface area contributed by atoms with Crippen molar-refractivity contribution in [3.63, 3.8) is 0 Å². The Morgan fingerprint density at radius 3 is 2.08 bits per heavy atom. The second kappa shape index (κ2) is 10.5. The molecule has 0 saturated heterocycles. The maximum absolute atomic E-state index is 3.79. The SMILES string of the molecule is [CH2]CCC/C=C\C=C/CCCC. The van der Waals surface area contributed by atoms with Gasteiger partial charge in [-0.3, -0.25) is 0 Å². The summed E-state index contributed by atoms with van der Waals surface area (Å²) < 4.78 is 0. The van der Waals surface area contributed by atoms with Gasteiger partial charge in [-0.15, -0.1) is 0 Å². The van der Waals surface area contributed by atoms with Gasteiger partial charge in [-0.2, -0.15) is 0 Å². The molecule has 1 radical (unpaired) electrons. The third-order valence-electron chi connectivity index (χ3n) is 1.73. The lowest BCUT2D eigenvalue weighted by Gasteiger charge is -1.87. The van der Waals surface area contributed by atoms with E-state index in [0.717, 1.165) is 6.42 Å². The van der Waals surface area contributed by atoms with E-state index < -0.39 is 0 Å². The van der Waals surface area contributed by atoms with E-state index in [0.29, 0.717) is 0 Å². The van der Waals surface area contributed by atoms with E-state index in [1.807, 2.05) is 0 Å². The van der Waals surface area contributed by atoms with E-state index in [1.165, 1.54) is 32.1 Å². The molecule has 69 valence electrons. The first kappa shape index (κ1) is 11.5. The molecular formula is C12H21. The van der Waals surface area contributed by atoms with Crippen LogP contribution in [0.2, 0.25) is 0 Å². The fourth-order valence-corrected chi connectivity index (χ4v) is 0.934. The van der Waals surface area contributed by atoms with Gasteiger partial charge in [-0.25, -0.2) is 0 Å². The van der Waals surface area contributed by atoms with Gasteiger partial charge in [-0.1, -0.05) is 57.4 Å². The van der Waals surface area contributed by atoms with E-state index in [2.05, 4.69) is 38.2 Å². The van der Waals surface area contributed by atoms with Crippen molar-refractivity contribution in [2.45, 2.75) is 45.4 Å². The van der Waals surface area contributed by atoms with Gasteiger partial charge in [0.1, 0.15) is 0 Å². The number of allylic oxidation sites excluding steroid dienone is 4. The molecule has 0 aliphatic carbocycles. The Bertz CT molecular complexity index is 104. The first-order valence-electron chi connectivity index (χ1n) is 5.02. The van der Waals surface area contributed by atoms with Crippen molar-refractivity contribution in [3.05, 3.63) is 31.2 Å². The highest BCUT2D eigenvalue weighted by atomic mass is 13.8. The van der Waals surface area contributed by atoms with Gasteiger partial charge in [0.15, 0.2) is 0 Å². The summed E-state index contributed by atoms with van der Waals surface area (Å²) in [6, 6.07) is 0. The smallest absolute Gasteiger partial charge is 0.0348 e. The zero-order chi connectivity index (χ0) is 9.07. The predicted octanol–water partition coefficient (Wildman–Crippen LogP) is 4.29. The molecule has 0 aliphatic heterocycles. The summed E-state index contributed by atoms with van der Waals surface area (Å²) in [4.78, 5) is 0. The van der Waals surface area contributed by atoms with Crippen LogP contribution >= 0.6 is 0 Å². The summed E-state index contributed by atoms with van der Waals surface area (Å²) in [7, 11) is 0. The summed E-state index contributed by atoms with van der Waals surface area (Å²) in [5.74, 6) is 0. The van der Waals surface area contributed by atoms with E-state index in [9.17, 15) is 0 Å². The number of hydrogen-bond donors (Lipinski definition) is 0. The molecule has 0 saturated carbocycles. The highest BCUT2D eigenvalue weighted by Crippen LogP contribution is 1.97. The predicted molar refractivity (Wildman–Crippen MR) is 57.0 cm³/mol. The lowest BCUT2D eigenvalue weighted by Crippen LogP contribution is -1.67. The van der Waals surface area contributed by atoms with E-state index in [1.54, 1.807) is 0 Å². The third-order valence-corrected chi connectivity index (χ3v) is 1.73. The summed E-state index contributed by atoms with van der Waals surface area (Å²) >= 11 is 0. The van der Waals surface area contributed by atoms with E-state index in [-0.39, 0.29) is 0 Å². The van der Waals surface area contributed by atoms with Crippen molar-refractivity contribution >= 4 is 0 Å². The minimum Gasteiger partial charge on any atom is -0.0845 e. The van der Waals surface area contributed by atoms with Gasteiger partial charge >= 0.3 is 0 Å². The van der Waals surface area contributed by atoms with Gasteiger partial charge in [0.2, 0.25) is 0 Å². The average Bonchev–Trinajstić information content (AvgIpc) is 2.10. The average molecular weight is 165 g/mol. The van der Waals surface area contributed by atoms with Crippen LogP contribution in [0, 0.1) is 6.92 Å². The molecule has 0 aromatic heterocycles. The Hall–Kier alpha value is -0.520. The van der Waals surface area contributed by atoms with Crippen molar-refractivity contribution < 1.29 is 0 Å². The number of unbranched alkanes of at least 4 members (excludes halogenated alkanes) is 4. The quantitative estimate of drug-likeness (QED) is 0.390. The summed E-state index contributed by atoms with van der Waals surface area (Å²) in [5, 5.41) is 0. The van der Waals surface area contributed by atoms with Crippen LogP contribution in [0.15, 0.2) is 24.3 Å². The van der Waals surface area contributed by atoms with Gasteiger partial charge in [0.05, 0.1) is 0 Å². The zero-order valence-corrected chi connectivity index (χ0v) is 8.26. The minimum absolute atomic E-state index is 1.05. The molecule has 0 aliphatic rings. The molecule has 0 aromatic rings. The first-order chi connectivity index (χ1) is 5.91. The topological polar surface area (TPSA) is 0 Å². The molecule has 0 heterocycles. The number of hydrogen-bond acceptors (Lipinski definition) is 0. The monoisotopic (exact) mass is 165 g/mol. The lowest BCUT2D eigenvalue weighted by molar-refractivity contribution is 0.814. The van der Waals surface area contributed by atoms with Crippen molar-refractivity contribution in [3.8, 4) is 0 Å². The molecule has 0 bridgehead atoms. The fraction of sp³-hybridized carbons (Fsp3) is 0.583. The summed E-state index contributed by atoms with van der Waals surface area (Å²) in [5.41, 5.74) is 0. The molecule has 0 aromatic carbocycles. The van der Waals surface area contributed by atoms with Gasteiger partial charge in [0.25, 0.3) is 0 Å². The zero-order valence-electron chi connectivity index (χ0n) is 8.26. The maximum Gasteiger partial charge on any atom is -0.0348 e. The van der Waals surface area contributed by atoms with Crippen LogP contribution in [-0.2, 0) is 0 Å². The van der Waals surface area contributed by atoms with E-state index >= 15 is 0 Å². The normalized spacial score (nSPS) is 11.8. The van der Waals surface area contributed by atoms with Crippen LogP contribution in [0.25, 0.3) is 0 Å². The molecule has 0 atom stereocenters. The van der Waals surface area contributed by atoms with Crippen LogP contribution in [0.3, 0.4) is 0 Å². The third kappa shape index (κ3) is 9.48. The maximum atomic E-state index is 3.79. The lowest BCUT2D eigenvalue weighted by atomic mass is 10.2. The molecule has 0 fully saturated rings. The Morgan fingerprint density at radius 1 is 1.00 bits per heavy atom. The van der Waals surface area contributed by atoms with Crippen LogP contribution < -0.4 is 0 Å². The Labute approximate surface area is 77.4 Å². The molecule has 0 rings (SSSR count). The minimum atomic E-state index is 1.05. The molecule has 0 amide bonds. The second-order valence-corrected chi connectivity index (χ2v) is 2.99. The van der Waals surface area contributed by atoms with Crippen molar-refractivity contribution in [1.29, 1.82) is 0 Å². The van der Waals surface area contributed by atoms with Crippen LogP contribution in [0.5, 0.6) is 0 Å². The van der Waals surface area contributed by atoms with Crippen LogP contribution in [-0.4, -0.2) is 0 Å². The largest absolute Gasteiger partial charge is 0.0845 e. The number of rotatable bonds is 7. The first-order valence-corrected chi connectivity index (χ1v) is 5.02. The molecule has 0 nitrogen and oxygen atoms in total. The molecule has 0 heteroatoms. The molecular weight excluding hydrogens is 144 g/mol. The standard InChI is InChI=1S/C12H21/c1-3-5-7-9-11-12-10-8-6-4-2/h9-12H,1,3-8H2,2H3/b11-9-,12-10-. The van der Waals surface area contributed by atoms with Gasteiger partial charge in [-0.05, 0) is 19.3 Å². The van der Waals surface area contributed by atoms with Gasteiger partial charge < -0.3 is 0 Å². The fourth-order valence-electron chi connectivity index (χ4n) is 0.934. The Kier molecular flexibility index (Phi) is 10.0. The Morgan fingerprint density at radius 2 is 1.58 bits per heavy atom. The molecule has 0 unspecified atom stereocenters. The highest BCUT2D eigenvalue weighted by Gasteiger charge is 1.77. The van der Waals surface area contributed by atoms with Gasteiger partial charge in [0, 0.05) is 0 Å². The summed E-state index contributed by atoms with van der Waals surface area (Å²) in [6.45, 7) is 6.01. The van der Waals surface area contributed by atoms with Crippen LogP contribution in [0.4, 0.5) is 0 Å². The second-order valence-electron chi connectivity index (χ2n) is 2.99. The highest BCUT2D eigenvalue weighted by molar-refractivity contribution is 5.02. The Balaban J connectivity index is 3.15. The van der Waals surface area contributed by atoms with Crippen molar-refractivity contribution in [2.75, 3.05) is 0 Å². The van der Waals surface area contributed by atoms with Crippen LogP contribution in [0.1, 0.15) is 45.4 Å². The van der Waals surface area contributed by atoms with Crippen molar-refractivity contribution in [2.24, 2.45) is 0 Å². The molecule has 12 heavy (non-hydrogen) atoms. The molecule has 0 spiro atoms. The van der Waals surface area contributed by atoms with E-state index in [4.69, 9.17) is 0 Å². The molecule has 0 N–H and O–H groups in total.